The van der Waals surface area contributed by atoms with Gasteiger partial charge in [0, 0.05) is 23.1 Å². The Kier molecular flexibility index (Phi) is 3.93. The van der Waals surface area contributed by atoms with Crippen molar-refractivity contribution >= 4 is 5.71 Å². The lowest BCUT2D eigenvalue weighted by atomic mass is 9.95. The van der Waals surface area contributed by atoms with Crippen molar-refractivity contribution in [2.24, 2.45) is 5.10 Å². The number of para-hydroxylation sites is 2. The number of hydrogen-bond donors (Lipinski definition) is 1. The van der Waals surface area contributed by atoms with Gasteiger partial charge in [0.05, 0.1) is 18.9 Å². The Hall–Kier alpha value is -3.47. The summed E-state index contributed by atoms with van der Waals surface area (Å²) in [4.78, 5) is 0. The van der Waals surface area contributed by atoms with Crippen LogP contribution in [0.25, 0.3) is 0 Å². The molecule has 2 heterocycles. The molecule has 0 amide bonds. The molecule has 2 atom stereocenters. The second kappa shape index (κ2) is 6.60. The number of nitrogens with zero attached hydrogens (tertiary/aromatic N) is 2. The number of rotatable bonds is 3. The van der Waals surface area contributed by atoms with Crippen LogP contribution < -0.4 is 9.47 Å². The molecule has 0 saturated heterocycles. The maximum Gasteiger partial charge on any atom is 0.213 e. The number of ether oxygens (including phenoxy) is 2. The summed E-state index contributed by atoms with van der Waals surface area (Å²) in [6.07, 6.45) is 0.374. The second-order valence-electron chi connectivity index (χ2n) is 6.94. The quantitative estimate of drug-likeness (QED) is 0.728. The molecule has 5 rings (SSSR count). The number of benzene rings is 3. The Morgan fingerprint density at radius 1 is 1.00 bits per heavy atom. The van der Waals surface area contributed by atoms with Gasteiger partial charge in [0.25, 0.3) is 0 Å². The van der Waals surface area contributed by atoms with E-state index >= 15 is 0 Å². The lowest BCUT2D eigenvalue weighted by molar-refractivity contribution is -0.0190. The smallest absolute Gasteiger partial charge is 0.213 e. The highest BCUT2D eigenvalue weighted by Crippen LogP contribution is 2.47. The fraction of sp³-hybridized carbons (Fsp3) is 0.174. The van der Waals surface area contributed by atoms with E-state index in [-0.39, 0.29) is 18.0 Å². The molecule has 5 nitrogen and oxygen atoms in total. The summed E-state index contributed by atoms with van der Waals surface area (Å²) in [5.41, 5.74) is 3.74. The van der Waals surface area contributed by atoms with E-state index in [1.807, 2.05) is 65.7 Å². The van der Waals surface area contributed by atoms with E-state index in [9.17, 15) is 5.11 Å². The Labute approximate surface area is 163 Å². The molecule has 2 aliphatic heterocycles. The van der Waals surface area contributed by atoms with Crippen molar-refractivity contribution in [1.29, 1.82) is 0 Å². The van der Waals surface area contributed by atoms with E-state index in [2.05, 4.69) is 6.07 Å². The van der Waals surface area contributed by atoms with Crippen LogP contribution in [-0.2, 0) is 0 Å². The van der Waals surface area contributed by atoms with Gasteiger partial charge in [0.15, 0.2) is 0 Å². The van der Waals surface area contributed by atoms with Gasteiger partial charge >= 0.3 is 0 Å². The third-order valence-electron chi connectivity index (χ3n) is 5.31. The molecule has 0 radical (unpaired) electrons. The Morgan fingerprint density at radius 2 is 1.75 bits per heavy atom. The SMILES string of the molecule is COc1ccc([C@H]2Oc3ccccc3[C@H]3CC(c4ccccc4O)=NN32)cc1. The average molecular weight is 372 g/mol. The highest BCUT2D eigenvalue weighted by molar-refractivity contribution is 6.04. The molecule has 2 aliphatic rings. The monoisotopic (exact) mass is 372 g/mol. The number of phenolic OH excluding ortho intramolecular Hbond substituents is 1. The molecule has 0 aliphatic carbocycles. The third kappa shape index (κ3) is 2.67. The van der Waals surface area contributed by atoms with Gasteiger partial charge in [0.1, 0.15) is 17.2 Å². The molecule has 5 heteroatoms. The van der Waals surface area contributed by atoms with E-state index < -0.39 is 0 Å². The first-order chi connectivity index (χ1) is 13.7. The van der Waals surface area contributed by atoms with Crippen molar-refractivity contribution in [1.82, 2.24) is 5.01 Å². The van der Waals surface area contributed by atoms with Crippen LogP contribution in [0.1, 0.15) is 35.4 Å². The predicted octanol–water partition coefficient (Wildman–Crippen LogP) is 4.64. The topological polar surface area (TPSA) is 54.3 Å². The molecule has 0 unspecified atom stereocenters. The van der Waals surface area contributed by atoms with E-state index in [0.717, 1.165) is 33.9 Å². The van der Waals surface area contributed by atoms with Crippen LogP contribution in [0.15, 0.2) is 77.9 Å². The molecule has 0 fully saturated rings. The molecule has 3 aromatic rings. The van der Waals surface area contributed by atoms with E-state index in [4.69, 9.17) is 14.6 Å². The summed E-state index contributed by atoms with van der Waals surface area (Å²) in [6.45, 7) is 0. The van der Waals surface area contributed by atoms with Gasteiger partial charge in [-0.25, -0.2) is 5.01 Å². The zero-order valence-electron chi connectivity index (χ0n) is 15.4. The lowest BCUT2D eigenvalue weighted by Crippen LogP contribution is -2.33. The Morgan fingerprint density at radius 3 is 2.54 bits per heavy atom. The normalized spacial score (nSPS) is 20.0. The zero-order valence-corrected chi connectivity index (χ0v) is 15.4. The molecule has 0 spiro atoms. The highest BCUT2D eigenvalue weighted by atomic mass is 16.5. The number of hydrazone groups is 1. The number of fused-ring (bicyclic) bond motifs is 3. The van der Waals surface area contributed by atoms with Gasteiger partial charge in [-0.15, -0.1) is 0 Å². The average Bonchev–Trinajstić information content (AvgIpc) is 3.19. The van der Waals surface area contributed by atoms with Crippen LogP contribution in [0.2, 0.25) is 0 Å². The minimum absolute atomic E-state index is 0.0617. The molecule has 0 bridgehead atoms. The largest absolute Gasteiger partial charge is 0.507 e. The number of aromatic hydroxyl groups is 1. The fourth-order valence-electron chi connectivity index (χ4n) is 3.90. The Balaban J connectivity index is 1.59. The summed E-state index contributed by atoms with van der Waals surface area (Å²) in [6, 6.07) is 23.3. The van der Waals surface area contributed by atoms with Crippen LogP contribution in [0.5, 0.6) is 17.2 Å². The van der Waals surface area contributed by atoms with E-state index in [0.29, 0.717) is 6.42 Å². The van der Waals surface area contributed by atoms with Crippen molar-refractivity contribution < 1.29 is 14.6 Å². The van der Waals surface area contributed by atoms with Gasteiger partial charge < -0.3 is 14.6 Å². The van der Waals surface area contributed by atoms with Crippen LogP contribution in [0.3, 0.4) is 0 Å². The maximum atomic E-state index is 10.3. The third-order valence-corrected chi connectivity index (χ3v) is 5.31. The minimum atomic E-state index is -0.339. The number of methoxy groups -OCH3 is 1. The van der Waals surface area contributed by atoms with Gasteiger partial charge in [-0.3, -0.25) is 0 Å². The first kappa shape index (κ1) is 16.7. The van der Waals surface area contributed by atoms with Crippen molar-refractivity contribution in [3.8, 4) is 17.2 Å². The van der Waals surface area contributed by atoms with Crippen molar-refractivity contribution in [2.75, 3.05) is 7.11 Å². The van der Waals surface area contributed by atoms with Crippen LogP contribution in [-0.4, -0.2) is 22.9 Å². The maximum absolute atomic E-state index is 10.3. The van der Waals surface area contributed by atoms with Crippen LogP contribution >= 0.6 is 0 Å². The molecule has 140 valence electrons. The summed E-state index contributed by atoms with van der Waals surface area (Å²) in [5.74, 6) is 1.92. The predicted molar refractivity (Wildman–Crippen MR) is 107 cm³/mol. The molecule has 3 aromatic carbocycles. The zero-order chi connectivity index (χ0) is 19.1. The van der Waals surface area contributed by atoms with Crippen molar-refractivity contribution in [2.45, 2.75) is 18.7 Å². The van der Waals surface area contributed by atoms with Gasteiger partial charge in [-0.2, -0.15) is 5.10 Å². The molecular formula is C23H20N2O3. The lowest BCUT2D eigenvalue weighted by Gasteiger charge is -2.38. The summed E-state index contributed by atoms with van der Waals surface area (Å²) >= 11 is 0. The molecular weight excluding hydrogens is 352 g/mol. The molecule has 0 saturated carbocycles. The van der Waals surface area contributed by atoms with Gasteiger partial charge in [0.2, 0.25) is 6.23 Å². The standard InChI is InChI=1S/C23H20N2O3/c1-27-16-12-10-15(11-13-16)23-25-20(18-7-3-5-9-22(18)28-23)14-19(24-25)17-6-2-4-8-21(17)26/h2-13,20,23,26H,14H2,1H3/t20-,23-/m1/s1. The van der Waals surface area contributed by atoms with E-state index in [1.54, 1.807) is 13.2 Å². The summed E-state index contributed by atoms with van der Waals surface area (Å²) in [7, 11) is 1.65. The first-order valence-electron chi connectivity index (χ1n) is 9.28. The molecule has 1 N–H and O–H groups in total. The van der Waals surface area contributed by atoms with Gasteiger partial charge in [-0.1, -0.05) is 30.3 Å². The summed E-state index contributed by atoms with van der Waals surface area (Å²) < 4.78 is 11.6. The highest BCUT2D eigenvalue weighted by Gasteiger charge is 2.41. The second-order valence-corrected chi connectivity index (χ2v) is 6.94. The fourth-order valence-corrected chi connectivity index (χ4v) is 3.90. The summed E-state index contributed by atoms with van der Waals surface area (Å²) in [5, 5.41) is 17.2. The van der Waals surface area contributed by atoms with Crippen LogP contribution in [0, 0.1) is 0 Å². The molecule has 28 heavy (non-hydrogen) atoms. The minimum Gasteiger partial charge on any atom is -0.507 e. The van der Waals surface area contributed by atoms with Crippen molar-refractivity contribution in [3.05, 3.63) is 89.5 Å². The van der Waals surface area contributed by atoms with Crippen molar-refractivity contribution in [3.63, 3.8) is 0 Å². The molecule has 0 aromatic heterocycles. The Bertz CT molecular complexity index is 1050. The first-order valence-corrected chi connectivity index (χ1v) is 9.28. The number of hydrogen-bond acceptors (Lipinski definition) is 5. The van der Waals surface area contributed by atoms with E-state index in [1.165, 1.54) is 0 Å². The van der Waals surface area contributed by atoms with Crippen LogP contribution in [0.4, 0.5) is 0 Å². The van der Waals surface area contributed by atoms with Gasteiger partial charge in [-0.05, 0) is 42.5 Å². The number of phenols is 1.